The average molecular weight is 244 g/mol. The van der Waals surface area contributed by atoms with E-state index in [1.165, 1.54) is 0 Å². The molecule has 6 heteroatoms. The number of phenolic OH excluding ortho intramolecular Hbond substituents is 1. The molecular weight excluding hydrogens is 228 g/mol. The molecule has 0 radical (unpaired) electrons. The molecule has 0 atom stereocenters. The zero-order valence-electron chi connectivity index (χ0n) is 9.10. The van der Waals surface area contributed by atoms with Gasteiger partial charge >= 0.3 is 0 Å². The second-order valence-corrected chi connectivity index (χ2v) is 5.30. The van der Waals surface area contributed by atoms with E-state index in [2.05, 4.69) is 10.0 Å². The first kappa shape index (κ1) is 13.0. The molecule has 0 spiro atoms. The monoisotopic (exact) mass is 244 g/mol. The minimum atomic E-state index is -3.12. The van der Waals surface area contributed by atoms with Crippen molar-refractivity contribution in [2.75, 3.05) is 19.3 Å². The van der Waals surface area contributed by atoms with Gasteiger partial charge in [-0.05, 0) is 6.07 Å². The fraction of sp³-hybridized carbons (Fsp3) is 0.400. The molecule has 0 heterocycles. The molecule has 5 nitrogen and oxygen atoms in total. The molecule has 0 aliphatic rings. The lowest BCUT2D eigenvalue weighted by Crippen LogP contribution is -2.30. The summed E-state index contributed by atoms with van der Waals surface area (Å²) in [6.45, 7) is 1.37. The second kappa shape index (κ2) is 5.83. The zero-order chi connectivity index (χ0) is 12.0. The van der Waals surface area contributed by atoms with E-state index in [-0.39, 0.29) is 5.75 Å². The van der Waals surface area contributed by atoms with Crippen LogP contribution in [0.15, 0.2) is 24.3 Å². The Balaban J connectivity index is 2.24. The number of benzene rings is 1. The first-order valence-corrected chi connectivity index (χ1v) is 6.80. The summed E-state index contributed by atoms with van der Waals surface area (Å²) in [6, 6.07) is 7.02. The van der Waals surface area contributed by atoms with Crippen molar-refractivity contribution in [2.45, 2.75) is 6.54 Å². The molecule has 1 aromatic rings. The maximum absolute atomic E-state index is 10.7. The molecule has 0 aliphatic heterocycles. The summed E-state index contributed by atoms with van der Waals surface area (Å²) in [5.74, 6) is 0.242. The largest absolute Gasteiger partial charge is 0.508 e. The lowest BCUT2D eigenvalue weighted by Gasteiger charge is -2.06. The lowest BCUT2D eigenvalue weighted by molar-refractivity contribution is 0.464. The minimum absolute atomic E-state index is 0.242. The van der Waals surface area contributed by atoms with E-state index in [1.54, 1.807) is 12.1 Å². The van der Waals surface area contributed by atoms with Crippen molar-refractivity contribution in [3.63, 3.8) is 0 Å². The van der Waals surface area contributed by atoms with Crippen LogP contribution in [0.1, 0.15) is 5.56 Å². The van der Waals surface area contributed by atoms with Gasteiger partial charge < -0.3 is 10.4 Å². The van der Waals surface area contributed by atoms with Gasteiger partial charge in [-0.2, -0.15) is 0 Å². The maximum atomic E-state index is 10.7. The molecule has 1 aromatic carbocycles. The van der Waals surface area contributed by atoms with Crippen molar-refractivity contribution in [1.29, 1.82) is 0 Å². The Bertz CT molecular complexity index is 431. The van der Waals surface area contributed by atoms with Crippen LogP contribution in [0.5, 0.6) is 5.75 Å². The van der Waals surface area contributed by atoms with E-state index >= 15 is 0 Å². The van der Waals surface area contributed by atoms with Gasteiger partial charge in [0, 0.05) is 25.2 Å². The summed E-state index contributed by atoms with van der Waals surface area (Å²) >= 11 is 0. The Morgan fingerprint density at radius 1 is 1.25 bits per heavy atom. The zero-order valence-corrected chi connectivity index (χ0v) is 9.92. The van der Waals surface area contributed by atoms with Crippen LogP contribution < -0.4 is 10.0 Å². The molecule has 0 bridgehead atoms. The molecule has 0 unspecified atom stereocenters. The number of phenols is 1. The Morgan fingerprint density at radius 3 is 2.56 bits per heavy atom. The van der Waals surface area contributed by atoms with E-state index in [0.717, 1.165) is 11.8 Å². The number of aromatic hydroxyl groups is 1. The number of sulfonamides is 1. The molecule has 0 aromatic heterocycles. The summed E-state index contributed by atoms with van der Waals surface area (Å²) in [4.78, 5) is 0. The van der Waals surface area contributed by atoms with Gasteiger partial charge in [-0.15, -0.1) is 0 Å². The highest BCUT2D eigenvalue weighted by atomic mass is 32.2. The highest BCUT2D eigenvalue weighted by molar-refractivity contribution is 7.88. The highest BCUT2D eigenvalue weighted by Gasteiger charge is 2.00. The van der Waals surface area contributed by atoms with E-state index in [4.69, 9.17) is 0 Å². The molecule has 90 valence electrons. The van der Waals surface area contributed by atoms with Crippen molar-refractivity contribution in [3.05, 3.63) is 29.8 Å². The lowest BCUT2D eigenvalue weighted by atomic mass is 10.2. The minimum Gasteiger partial charge on any atom is -0.508 e. The van der Waals surface area contributed by atoms with Crippen LogP contribution in [0, 0.1) is 0 Å². The maximum Gasteiger partial charge on any atom is 0.208 e. The van der Waals surface area contributed by atoms with Gasteiger partial charge in [-0.3, -0.25) is 0 Å². The van der Waals surface area contributed by atoms with Crippen LogP contribution in [-0.4, -0.2) is 32.9 Å². The fourth-order valence-corrected chi connectivity index (χ4v) is 1.68. The normalized spacial score (nSPS) is 11.6. The van der Waals surface area contributed by atoms with Crippen LogP contribution in [0.4, 0.5) is 0 Å². The fourth-order valence-electron chi connectivity index (χ4n) is 1.21. The quantitative estimate of drug-likeness (QED) is 0.617. The van der Waals surface area contributed by atoms with Gasteiger partial charge in [0.25, 0.3) is 0 Å². The van der Waals surface area contributed by atoms with E-state index in [0.29, 0.717) is 19.6 Å². The highest BCUT2D eigenvalue weighted by Crippen LogP contribution is 2.14. The molecule has 0 fully saturated rings. The second-order valence-electron chi connectivity index (χ2n) is 3.47. The molecule has 0 saturated heterocycles. The number of nitrogens with one attached hydrogen (secondary N) is 2. The van der Waals surface area contributed by atoms with Crippen LogP contribution in [0.3, 0.4) is 0 Å². The first-order chi connectivity index (χ1) is 7.49. The first-order valence-electron chi connectivity index (χ1n) is 4.91. The van der Waals surface area contributed by atoms with E-state index in [9.17, 15) is 13.5 Å². The van der Waals surface area contributed by atoms with Crippen LogP contribution in [-0.2, 0) is 16.6 Å². The molecule has 1 rings (SSSR count). The van der Waals surface area contributed by atoms with Crippen LogP contribution in [0.2, 0.25) is 0 Å². The Kier molecular flexibility index (Phi) is 4.72. The summed E-state index contributed by atoms with van der Waals surface area (Å²) in [7, 11) is -3.12. The Morgan fingerprint density at radius 2 is 1.94 bits per heavy atom. The number of hydrogen-bond donors (Lipinski definition) is 3. The van der Waals surface area contributed by atoms with Crippen molar-refractivity contribution >= 4 is 10.0 Å². The van der Waals surface area contributed by atoms with Crippen molar-refractivity contribution in [2.24, 2.45) is 0 Å². The van der Waals surface area contributed by atoms with Crippen molar-refractivity contribution < 1.29 is 13.5 Å². The summed E-state index contributed by atoms with van der Waals surface area (Å²) in [6.07, 6.45) is 1.12. The molecule has 16 heavy (non-hydrogen) atoms. The van der Waals surface area contributed by atoms with Gasteiger partial charge in [0.15, 0.2) is 0 Å². The van der Waals surface area contributed by atoms with E-state index < -0.39 is 10.0 Å². The molecular formula is C10H16N2O3S. The average Bonchev–Trinajstić information content (AvgIpc) is 2.18. The Hall–Kier alpha value is -1.11. The number of rotatable bonds is 6. The third-order valence-corrected chi connectivity index (χ3v) is 2.70. The van der Waals surface area contributed by atoms with Gasteiger partial charge in [-0.1, -0.05) is 18.2 Å². The van der Waals surface area contributed by atoms with Gasteiger partial charge in [0.2, 0.25) is 10.0 Å². The number of hydrogen-bond acceptors (Lipinski definition) is 4. The smallest absolute Gasteiger partial charge is 0.208 e. The third-order valence-electron chi connectivity index (χ3n) is 1.97. The van der Waals surface area contributed by atoms with E-state index in [1.807, 2.05) is 12.1 Å². The van der Waals surface area contributed by atoms with Crippen molar-refractivity contribution in [3.8, 4) is 5.75 Å². The van der Waals surface area contributed by atoms with Gasteiger partial charge in [0.1, 0.15) is 5.75 Å². The van der Waals surface area contributed by atoms with Crippen molar-refractivity contribution in [1.82, 2.24) is 10.0 Å². The van der Waals surface area contributed by atoms with Crippen LogP contribution >= 0.6 is 0 Å². The van der Waals surface area contributed by atoms with Gasteiger partial charge in [0.05, 0.1) is 6.26 Å². The third kappa shape index (κ3) is 5.11. The Labute approximate surface area is 95.5 Å². The summed E-state index contributed by atoms with van der Waals surface area (Å²) < 4.78 is 23.8. The summed E-state index contributed by atoms with van der Waals surface area (Å²) in [5, 5.41) is 12.5. The predicted molar refractivity (Wildman–Crippen MR) is 62.7 cm³/mol. The molecule has 0 saturated carbocycles. The predicted octanol–water partition coefficient (Wildman–Crippen LogP) is 0.0310. The SMILES string of the molecule is CS(=O)(=O)NCCNCc1ccccc1O. The topological polar surface area (TPSA) is 78.4 Å². The molecule has 0 aliphatic carbocycles. The summed E-state index contributed by atoms with van der Waals surface area (Å²) in [5.41, 5.74) is 0.793. The van der Waals surface area contributed by atoms with Gasteiger partial charge in [-0.25, -0.2) is 13.1 Å². The number of para-hydroxylation sites is 1. The standard InChI is InChI=1S/C10H16N2O3S/c1-16(14,15)12-7-6-11-8-9-4-2-3-5-10(9)13/h2-5,11-13H,6-8H2,1H3. The van der Waals surface area contributed by atoms with Crippen LogP contribution in [0.25, 0.3) is 0 Å². The molecule has 3 N–H and O–H groups in total. The molecule has 0 amide bonds.